The zero-order chi connectivity index (χ0) is 18.1. The van der Waals surface area contributed by atoms with Crippen LogP contribution in [-0.4, -0.2) is 43.0 Å². The van der Waals surface area contributed by atoms with Gasteiger partial charge in [0, 0.05) is 32.4 Å². The molecule has 2 rings (SSSR count). The first-order valence-corrected chi connectivity index (χ1v) is 8.71. The predicted molar refractivity (Wildman–Crippen MR) is 102 cm³/mol. The van der Waals surface area contributed by atoms with E-state index < -0.39 is 0 Å². The molecule has 0 aliphatic carbocycles. The Morgan fingerprint density at radius 2 is 1.88 bits per heavy atom. The highest BCUT2D eigenvalue weighted by atomic mass is 16.5. The number of aryl methyl sites for hydroxylation is 3. The second kappa shape index (κ2) is 9.71. The number of aromatic nitrogens is 2. The number of aliphatic imine (C=N–C) groups is 1. The van der Waals surface area contributed by atoms with Crippen LogP contribution in [-0.2, 0) is 13.0 Å². The molecule has 0 spiro atoms. The summed E-state index contributed by atoms with van der Waals surface area (Å²) >= 11 is 0. The van der Waals surface area contributed by atoms with E-state index in [4.69, 9.17) is 4.74 Å². The topological polar surface area (TPSA) is 63.5 Å². The van der Waals surface area contributed by atoms with Crippen LogP contribution < -0.4 is 15.4 Å². The fraction of sp³-hybridized carbons (Fsp3) is 0.474. The quantitative estimate of drug-likeness (QED) is 0.439. The molecule has 0 radical (unpaired) electrons. The Hall–Kier alpha value is -2.50. The Kier molecular flexibility index (Phi) is 7.32. The molecular weight excluding hydrogens is 314 g/mol. The Morgan fingerprint density at radius 3 is 2.48 bits per heavy atom. The van der Waals surface area contributed by atoms with Crippen LogP contribution >= 0.6 is 0 Å². The van der Waals surface area contributed by atoms with Gasteiger partial charge >= 0.3 is 0 Å². The van der Waals surface area contributed by atoms with Crippen LogP contribution in [0.5, 0.6) is 5.75 Å². The van der Waals surface area contributed by atoms with Crippen LogP contribution in [0.25, 0.3) is 0 Å². The standard InChI is InChI=1S/C19H29N5O/c1-15-14-16(2)24(23-15)13-5-11-21-19(20-3)22-12-10-17-6-8-18(25-4)9-7-17/h6-9,14H,5,10-13H2,1-4H3,(H2,20,21,22). The maximum Gasteiger partial charge on any atom is 0.190 e. The fourth-order valence-corrected chi connectivity index (χ4v) is 2.67. The van der Waals surface area contributed by atoms with Crippen molar-refractivity contribution in [2.75, 3.05) is 27.2 Å². The third kappa shape index (κ3) is 6.14. The summed E-state index contributed by atoms with van der Waals surface area (Å²) in [6, 6.07) is 10.3. The summed E-state index contributed by atoms with van der Waals surface area (Å²) in [6.45, 7) is 6.73. The van der Waals surface area contributed by atoms with Crippen LogP contribution in [0.2, 0.25) is 0 Å². The molecule has 1 heterocycles. The predicted octanol–water partition coefficient (Wildman–Crippen LogP) is 2.31. The first kappa shape index (κ1) is 18.8. The lowest BCUT2D eigenvalue weighted by Crippen LogP contribution is -2.39. The van der Waals surface area contributed by atoms with E-state index >= 15 is 0 Å². The maximum atomic E-state index is 5.17. The third-order valence-electron chi connectivity index (χ3n) is 4.03. The second-order valence-electron chi connectivity index (χ2n) is 6.03. The summed E-state index contributed by atoms with van der Waals surface area (Å²) in [5.41, 5.74) is 3.55. The van der Waals surface area contributed by atoms with E-state index in [1.807, 2.05) is 19.1 Å². The molecule has 1 aromatic carbocycles. The average Bonchev–Trinajstić information content (AvgIpc) is 2.95. The molecule has 2 aromatic rings. The molecule has 0 aliphatic heterocycles. The molecule has 0 unspecified atom stereocenters. The van der Waals surface area contributed by atoms with Gasteiger partial charge in [-0.1, -0.05) is 12.1 Å². The molecule has 0 saturated heterocycles. The number of ether oxygens (including phenoxy) is 1. The minimum absolute atomic E-state index is 0.835. The number of guanidine groups is 1. The summed E-state index contributed by atoms with van der Waals surface area (Å²) in [4.78, 5) is 4.26. The number of nitrogens with one attached hydrogen (secondary N) is 2. The van der Waals surface area contributed by atoms with Gasteiger partial charge in [0.1, 0.15) is 5.75 Å². The van der Waals surface area contributed by atoms with Crippen molar-refractivity contribution in [3.63, 3.8) is 0 Å². The lowest BCUT2D eigenvalue weighted by molar-refractivity contribution is 0.414. The van der Waals surface area contributed by atoms with Crippen molar-refractivity contribution in [3.05, 3.63) is 47.3 Å². The molecule has 136 valence electrons. The van der Waals surface area contributed by atoms with Crippen molar-refractivity contribution >= 4 is 5.96 Å². The summed E-state index contributed by atoms with van der Waals surface area (Å²) in [5.74, 6) is 1.72. The first-order valence-electron chi connectivity index (χ1n) is 8.71. The van der Waals surface area contributed by atoms with Crippen molar-refractivity contribution in [2.45, 2.75) is 33.2 Å². The first-order chi connectivity index (χ1) is 12.1. The smallest absolute Gasteiger partial charge is 0.190 e. The van der Waals surface area contributed by atoms with Crippen molar-refractivity contribution < 1.29 is 4.74 Å². The highest BCUT2D eigenvalue weighted by Crippen LogP contribution is 2.11. The molecule has 0 fully saturated rings. The van der Waals surface area contributed by atoms with Gasteiger partial charge in [0.05, 0.1) is 12.8 Å². The largest absolute Gasteiger partial charge is 0.497 e. The van der Waals surface area contributed by atoms with E-state index in [9.17, 15) is 0 Å². The lowest BCUT2D eigenvalue weighted by Gasteiger charge is -2.12. The molecule has 6 nitrogen and oxygen atoms in total. The Balaban J connectivity index is 1.65. The van der Waals surface area contributed by atoms with Crippen molar-refractivity contribution in [3.8, 4) is 5.75 Å². The zero-order valence-corrected chi connectivity index (χ0v) is 15.7. The molecule has 0 atom stereocenters. The van der Waals surface area contributed by atoms with Gasteiger partial charge in [-0.25, -0.2) is 0 Å². The minimum atomic E-state index is 0.835. The van der Waals surface area contributed by atoms with Gasteiger partial charge in [-0.2, -0.15) is 5.10 Å². The van der Waals surface area contributed by atoms with Crippen LogP contribution in [0.1, 0.15) is 23.4 Å². The van der Waals surface area contributed by atoms with Crippen LogP contribution in [0.15, 0.2) is 35.3 Å². The summed E-state index contributed by atoms with van der Waals surface area (Å²) < 4.78 is 7.23. The SMILES string of the molecule is CN=C(NCCCn1nc(C)cc1C)NCCc1ccc(OC)cc1. The molecule has 0 saturated carbocycles. The Labute approximate surface area is 150 Å². The Morgan fingerprint density at radius 1 is 1.16 bits per heavy atom. The van der Waals surface area contributed by atoms with Crippen LogP contribution in [0, 0.1) is 13.8 Å². The number of rotatable bonds is 8. The molecule has 0 aliphatic rings. The van der Waals surface area contributed by atoms with E-state index in [-0.39, 0.29) is 0 Å². The van der Waals surface area contributed by atoms with E-state index in [1.165, 1.54) is 11.3 Å². The number of methoxy groups -OCH3 is 1. The molecule has 2 N–H and O–H groups in total. The third-order valence-corrected chi connectivity index (χ3v) is 4.03. The molecule has 0 amide bonds. The Bertz CT molecular complexity index is 676. The van der Waals surface area contributed by atoms with Crippen molar-refractivity contribution in [1.82, 2.24) is 20.4 Å². The van der Waals surface area contributed by atoms with Gasteiger partial charge in [-0.05, 0) is 50.5 Å². The number of hydrogen-bond acceptors (Lipinski definition) is 3. The summed E-state index contributed by atoms with van der Waals surface area (Å²) in [5, 5.41) is 11.2. The highest BCUT2D eigenvalue weighted by molar-refractivity contribution is 5.79. The average molecular weight is 343 g/mol. The molecule has 0 bridgehead atoms. The number of nitrogens with zero attached hydrogens (tertiary/aromatic N) is 3. The fourth-order valence-electron chi connectivity index (χ4n) is 2.67. The zero-order valence-electron chi connectivity index (χ0n) is 15.7. The van der Waals surface area contributed by atoms with Gasteiger partial charge in [-0.15, -0.1) is 0 Å². The van der Waals surface area contributed by atoms with Gasteiger partial charge in [-0.3, -0.25) is 9.67 Å². The molecule has 1 aromatic heterocycles. The van der Waals surface area contributed by atoms with Gasteiger partial charge in [0.15, 0.2) is 5.96 Å². The second-order valence-corrected chi connectivity index (χ2v) is 6.03. The van der Waals surface area contributed by atoms with Crippen LogP contribution in [0.3, 0.4) is 0 Å². The van der Waals surface area contributed by atoms with E-state index in [2.05, 4.69) is 50.5 Å². The van der Waals surface area contributed by atoms with Crippen LogP contribution in [0.4, 0.5) is 0 Å². The van der Waals surface area contributed by atoms with Gasteiger partial charge in [0.25, 0.3) is 0 Å². The van der Waals surface area contributed by atoms with Gasteiger partial charge in [0.2, 0.25) is 0 Å². The maximum absolute atomic E-state index is 5.17. The lowest BCUT2D eigenvalue weighted by atomic mass is 10.1. The molecular formula is C19H29N5O. The van der Waals surface area contributed by atoms with E-state index in [0.717, 1.165) is 49.9 Å². The summed E-state index contributed by atoms with van der Waals surface area (Å²) in [6.07, 6.45) is 1.94. The van der Waals surface area contributed by atoms with Crippen molar-refractivity contribution in [2.24, 2.45) is 4.99 Å². The van der Waals surface area contributed by atoms with Crippen molar-refractivity contribution in [1.29, 1.82) is 0 Å². The highest BCUT2D eigenvalue weighted by Gasteiger charge is 2.01. The summed E-state index contributed by atoms with van der Waals surface area (Å²) in [7, 11) is 3.48. The van der Waals surface area contributed by atoms with E-state index in [0.29, 0.717) is 0 Å². The monoisotopic (exact) mass is 343 g/mol. The molecule has 25 heavy (non-hydrogen) atoms. The minimum Gasteiger partial charge on any atom is -0.497 e. The van der Waals surface area contributed by atoms with Gasteiger partial charge < -0.3 is 15.4 Å². The molecule has 6 heteroatoms. The number of benzene rings is 1. The number of hydrogen-bond donors (Lipinski definition) is 2. The van der Waals surface area contributed by atoms with E-state index in [1.54, 1.807) is 14.2 Å². The normalized spacial score (nSPS) is 11.4.